The number of hydrogen-bond donors (Lipinski definition) is 0. The molecule has 0 fully saturated rings. The van der Waals surface area contributed by atoms with Gasteiger partial charge in [0.25, 0.3) is 0 Å². The zero-order valence-corrected chi connectivity index (χ0v) is 14.1. The van der Waals surface area contributed by atoms with E-state index >= 15 is 0 Å². The SMILES string of the molecule is COc1ccc(Br)cc1Cn1ccc2cc(Br)ccc21. The third-order valence-electron chi connectivity index (χ3n) is 3.32. The molecule has 0 unspecified atom stereocenters. The van der Waals surface area contributed by atoms with E-state index in [4.69, 9.17) is 4.74 Å². The Morgan fingerprint density at radius 3 is 2.55 bits per heavy atom. The lowest BCUT2D eigenvalue weighted by atomic mass is 10.2. The number of hydrogen-bond acceptors (Lipinski definition) is 1. The van der Waals surface area contributed by atoms with Gasteiger partial charge in [-0.2, -0.15) is 0 Å². The predicted octanol–water partition coefficient (Wildman–Crippen LogP) is 5.22. The Bertz CT molecular complexity index is 764. The molecule has 102 valence electrons. The maximum absolute atomic E-state index is 5.44. The van der Waals surface area contributed by atoms with Crippen molar-refractivity contribution in [2.45, 2.75) is 6.54 Å². The molecule has 0 N–H and O–H groups in total. The van der Waals surface area contributed by atoms with Gasteiger partial charge in [0.1, 0.15) is 5.75 Å². The topological polar surface area (TPSA) is 14.2 Å². The number of halogens is 2. The van der Waals surface area contributed by atoms with Crippen LogP contribution in [0.15, 0.2) is 57.6 Å². The third kappa shape index (κ3) is 2.63. The largest absolute Gasteiger partial charge is 0.496 e. The van der Waals surface area contributed by atoms with Crippen molar-refractivity contribution in [3.8, 4) is 5.75 Å². The molecule has 0 spiro atoms. The van der Waals surface area contributed by atoms with Crippen LogP contribution in [0.4, 0.5) is 0 Å². The monoisotopic (exact) mass is 393 g/mol. The summed E-state index contributed by atoms with van der Waals surface area (Å²) in [5, 5.41) is 1.23. The fourth-order valence-corrected chi connectivity index (χ4v) is 3.15. The minimum Gasteiger partial charge on any atom is -0.496 e. The highest BCUT2D eigenvalue weighted by Gasteiger charge is 2.07. The van der Waals surface area contributed by atoms with Crippen molar-refractivity contribution < 1.29 is 4.74 Å². The molecule has 0 aliphatic rings. The van der Waals surface area contributed by atoms with E-state index in [2.05, 4.69) is 73.0 Å². The fraction of sp³-hybridized carbons (Fsp3) is 0.125. The molecule has 0 aliphatic heterocycles. The average Bonchev–Trinajstić information content (AvgIpc) is 2.81. The van der Waals surface area contributed by atoms with Gasteiger partial charge >= 0.3 is 0 Å². The van der Waals surface area contributed by atoms with E-state index in [0.717, 1.165) is 26.8 Å². The van der Waals surface area contributed by atoms with Crippen LogP contribution in [0.3, 0.4) is 0 Å². The smallest absolute Gasteiger partial charge is 0.123 e. The molecule has 0 bridgehead atoms. The summed E-state index contributed by atoms with van der Waals surface area (Å²) in [4.78, 5) is 0. The van der Waals surface area contributed by atoms with E-state index < -0.39 is 0 Å². The van der Waals surface area contributed by atoms with Gasteiger partial charge in [0, 0.05) is 31.6 Å². The van der Waals surface area contributed by atoms with Crippen LogP contribution in [0.2, 0.25) is 0 Å². The van der Waals surface area contributed by atoms with Gasteiger partial charge < -0.3 is 9.30 Å². The second kappa shape index (κ2) is 5.62. The first-order chi connectivity index (χ1) is 9.67. The van der Waals surface area contributed by atoms with Crippen LogP contribution in [0.25, 0.3) is 10.9 Å². The van der Waals surface area contributed by atoms with Gasteiger partial charge in [-0.25, -0.2) is 0 Å². The molecule has 0 aliphatic carbocycles. The molecular formula is C16H13Br2NO. The standard InChI is InChI=1S/C16H13Br2NO/c1-20-16-5-3-14(18)9-12(16)10-19-7-6-11-8-13(17)2-4-15(11)19/h2-9H,10H2,1H3. The molecule has 0 amide bonds. The lowest BCUT2D eigenvalue weighted by molar-refractivity contribution is 0.408. The molecule has 0 atom stereocenters. The van der Waals surface area contributed by atoms with E-state index in [-0.39, 0.29) is 0 Å². The third-order valence-corrected chi connectivity index (χ3v) is 4.30. The van der Waals surface area contributed by atoms with E-state index in [9.17, 15) is 0 Å². The van der Waals surface area contributed by atoms with Crippen molar-refractivity contribution in [1.82, 2.24) is 4.57 Å². The second-order valence-corrected chi connectivity index (χ2v) is 6.43. The van der Waals surface area contributed by atoms with E-state index in [1.165, 1.54) is 10.9 Å². The van der Waals surface area contributed by atoms with Gasteiger partial charge in [0.2, 0.25) is 0 Å². The number of benzene rings is 2. The highest BCUT2D eigenvalue weighted by molar-refractivity contribution is 9.10. The Kier molecular flexibility index (Phi) is 3.85. The van der Waals surface area contributed by atoms with Gasteiger partial charge in [-0.05, 0) is 42.5 Å². The molecule has 2 nitrogen and oxygen atoms in total. The Morgan fingerprint density at radius 1 is 1.00 bits per heavy atom. The minimum atomic E-state index is 0.785. The van der Waals surface area contributed by atoms with Gasteiger partial charge in [0.05, 0.1) is 13.7 Å². The molecule has 4 heteroatoms. The zero-order valence-electron chi connectivity index (χ0n) is 10.9. The Balaban J connectivity index is 2.03. The molecule has 3 rings (SSSR count). The van der Waals surface area contributed by atoms with E-state index in [1.807, 2.05) is 12.1 Å². The lowest BCUT2D eigenvalue weighted by Crippen LogP contribution is -2.00. The number of ether oxygens (including phenoxy) is 1. The summed E-state index contributed by atoms with van der Waals surface area (Å²) in [6.07, 6.45) is 2.11. The molecule has 20 heavy (non-hydrogen) atoms. The minimum absolute atomic E-state index is 0.785. The maximum atomic E-state index is 5.44. The number of fused-ring (bicyclic) bond motifs is 1. The van der Waals surface area contributed by atoms with E-state index in [1.54, 1.807) is 7.11 Å². The second-order valence-electron chi connectivity index (χ2n) is 4.60. The number of nitrogens with zero attached hydrogens (tertiary/aromatic N) is 1. The quantitative estimate of drug-likeness (QED) is 0.593. The molecule has 0 saturated heterocycles. The first kappa shape index (κ1) is 13.7. The first-order valence-electron chi connectivity index (χ1n) is 6.24. The number of methoxy groups -OCH3 is 1. The fourth-order valence-electron chi connectivity index (χ4n) is 2.36. The van der Waals surface area contributed by atoms with E-state index in [0.29, 0.717) is 0 Å². The van der Waals surface area contributed by atoms with Crippen molar-refractivity contribution in [2.24, 2.45) is 0 Å². The van der Waals surface area contributed by atoms with Crippen LogP contribution in [-0.2, 0) is 6.54 Å². The Hall–Kier alpha value is -1.26. The molecular weight excluding hydrogens is 382 g/mol. The van der Waals surface area contributed by atoms with Crippen LogP contribution in [0.1, 0.15) is 5.56 Å². The number of rotatable bonds is 3. The zero-order chi connectivity index (χ0) is 14.1. The lowest BCUT2D eigenvalue weighted by Gasteiger charge is -2.11. The summed E-state index contributed by atoms with van der Waals surface area (Å²) in [7, 11) is 1.71. The molecule has 0 radical (unpaired) electrons. The van der Waals surface area contributed by atoms with Crippen LogP contribution in [0.5, 0.6) is 5.75 Å². The van der Waals surface area contributed by atoms with Crippen LogP contribution in [0, 0.1) is 0 Å². The van der Waals surface area contributed by atoms with Crippen molar-refractivity contribution in [3.63, 3.8) is 0 Å². The van der Waals surface area contributed by atoms with Crippen molar-refractivity contribution in [2.75, 3.05) is 7.11 Å². The predicted molar refractivity (Wildman–Crippen MR) is 89.4 cm³/mol. The normalized spacial score (nSPS) is 10.9. The maximum Gasteiger partial charge on any atom is 0.123 e. The van der Waals surface area contributed by atoms with Crippen molar-refractivity contribution in [3.05, 3.63) is 63.2 Å². The molecule has 1 heterocycles. The molecule has 1 aromatic heterocycles. The average molecular weight is 395 g/mol. The summed E-state index contributed by atoms with van der Waals surface area (Å²) in [6.45, 7) is 0.785. The van der Waals surface area contributed by atoms with Gasteiger partial charge in [-0.1, -0.05) is 31.9 Å². The molecule has 0 saturated carbocycles. The summed E-state index contributed by atoms with van der Waals surface area (Å²) in [5.74, 6) is 0.909. The highest BCUT2D eigenvalue weighted by atomic mass is 79.9. The summed E-state index contributed by atoms with van der Waals surface area (Å²) in [5.41, 5.74) is 2.37. The summed E-state index contributed by atoms with van der Waals surface area (Å²) >= 11 is 7.02. The highest BCUT2D eigenvalue weighted by Crippen LogP contribution is 2.26. The van der Waals surface area contributed by atoms with Gasteiger partial charge in [0.15, 0.2) is 0 Å². The van der Waals surface area contributed by atoms with Crippen LogP contribution in [-0.4, -0.2) is 11.7 Å². The molecule has 3 aromatic rings. The van der Waals surface area contributed by atoms with Crippen LogP contribution >= 0.6 is 31.9 Å². The first-order valence-corrected chi connectivity index (χ1v) is 7.83. The van der Waals surface area contributed by atoms with Crippen LogP contribution < -0.4 is 4.74 Å². The summed E-state index contributed by atoms with van der Waals surface area (Å²) < 4.78 is 9.83. The number of aromatic nitrogens is 1. The summed E-state index contributed by atoms with van der Waals surface area (Å²) in [6, 6.07) is 14.5. The van der Waals surface area contributed by atoms with Crippen molar-refractivity contribution in [1.29, 1.82) is 0 Å². The Labute approximate surface area is 134 Å². The van der Waals surface area contributed by atoms with Gasteiger partial charge in [-0.3, -0.25) is 0 Å². The van der Waals surface area contributed by atoms with Crippen molar-refractivity contribution >= 4 is 42.8 Å². The van der Waals surface area contributed by atoms with Gasteiger partial charge in [-0.15, -0.1) is 0 Å². The Morgan fingerprint density at radius 2 is 1.75 bits per heavy atom. The molecule has 2 aromatic carbocycles.